The lowest BCUT2D eigenvalue weighted by atomic mass is 9.83. The molecule has 1 aliphatic heterocycles. The first kappa shape index (κ1) is 16.2. The molecule has 0 saturated carbocycles. The number of ether oxygens (including phenoxy) is 2. The summed E-state index contributed by atoms with van der Waals surface area (Å²) in [4.78, 5) is 12.3. The maximum atomic E-state index is 12.3. The van der Waals surface area contributed by atoms with Crippen LogP contribution in [-0.4, -0.2) is 22.8 Å². The smallest absolute Gasteiger partial charge is 0.338 e. The fraction of sp³-hybridized carbons (Fsp3) is 0.250. The van der Waals surface area contributed by atoms with E-state index in [0.29, 0.717) is 5.56 Å². The largest absolute Gasteiger partial charge is 0.508 e. The molecule has 1 aliphatic rings. The van der Waals surface area contributed by atoms with Crippen molar-refractivity contribution in [1.82, 2.24) is 0 Å². The molecule has 1 atom stereocenters. The molecule has 1 unspecified atom stereocenters. The summed E-state index contributed by atoms with van der Waals surface area (Å²) < 4.78 is 10.3. The fourth-order valence-corrected chi connectivity index (χ4v) is 2.47. The van der Waals surface area contributed by atoms with Gasteiger partial charge in [0.05, 0.1) is 18.1 Å². The first-order valence-electron chi connectivity index (χ1n) is 6.87. The number of hydrogen-bond donors (Lipinski definition) is 3. The molecule has 0 aliphatic carbocycles. The van der Waals surface area contributed by atoms with Crippen molar-refractivity contribution in [2.75, 3.05) is 6.61 Å². The van der Waals surface area contributed by atoms with Gasteiger partial charge in [-0.2, -0.15) is 5.26 Å². The molecule has 23 heavy (non-hydrogen) atoms. The van der Waals surface area contributed by atoms with E-state index in [1.165, 1.54) is 19.1 Å². The second-order valence-corrected chi connectivity index (χ2v) is 4.90. The van der Waals surface area contributed by atoms with Crippen molar-refractivity contribution in [2.45, 2.75) is 19.8 Å². The highest BCUT2D eigenvalue weighted by Crippen LogP contribution is 2.41. The first-order valence-corrected chi connectivity index (χ1v) is 6.87. The van der Waals surface area contributed by atoms with Gasteiger partial charge in [0.25, 0.3) is 0 Å². The molecule has 7 heteroatoms. The molecule has 0 saturated heterocycles. The molecular weight excluding hydrogens is 300 g/mol. The zero-order chi connectivity index (χ0) is 17.1. The Hall–Kier alpha value is -3.14. The van der Waals surface area contributed by atoms with Crippen LogP contribution in [0.1, 0.15) is 25.3 Å². The molecule has 2 rings (SSSR count). The standard InChI is InChI=1S/C16H16N2O5/c1-3-22-16(21)13-8(2)23-15(18)12(7-17)14(13)9-4-10(19)6-11(20)5-9/h4-6,14,19-20H,3,18H2,1-2H3. The van der Waals surface area contributed by atoms with Crippen LogP contribution in [0.2, 0.25) is 0 Å². The van der Waals surface area contributed by atoms with E-state index in [1.807, 2.05) is 6.07 Å². The van der Waals surface area contributed by atoms with Crippen LogP contribution in [0, 0.1) is 11.3 Å². The normalized spacial score (nSPS) is 17.5. The van der Waals surface area contributed by atoms with E-state index in [0.717, 1.165) is 6.07 Å². The number of phenolic OH excluding ortho intramolecular Hbond substituents is 2. The zero-order valence-corrected chi connectivity index (χ0v) is 12.7. The van der Waals surface area contributed by atoms with Gasteiger partial charge < -0.3 is 25.4 Å². The molecule has 1 aromatic rings. The van der Waals surface area contributed by atoms with Crippen molar-refractivity contribution in [2.24, 2.45) is 5.73 Å². The van der Waals surface area contributed by atoms with Crippen molar-refractivity contribution >= 4 is 5.97 Å². The number of esters is 1. The van der Waals surface area contributed by atoms with Gasteiger partial charge in [-0.3, -0.25) is 0 Å². The lowest BCUT2D eigenvalue weighted by molar-refractivity contribution is -0.139. The predicted octanol–water partition coefficient (Wildman–Crippen LogP) is 1.74. The van der Waals surface area contributed by atoms with Crippen molar-refractivity contribution in [1.29, 1.82) is 5.26 Å². The SMILES string of the molecule is CCOC(=O)C1=C(C)OC(N)=C(C#N)C1c1cc(O)cc(O)c1. The summed E-state index contributed by atoms with van der Waals surface area (Å²) in [6, 6.07) is 5.73. The average molecular weight is 316 g/mol. The van der Waals surface area contributed by atoms with Crippen LogP contribution in [0.25, 0.3) is 0 Å². The van der Waals surface area contributed by atoms with Crippen LogP contribution in [0.3, 0.4) is 0 Å². The second-order valence-electron chi connectivity index (χ2n) is 4.90. The highest BCUT2D eigenvalue weighted by molar-refractivity contribution is 5.92. The summed E-state index contributed by atoms with van der Waals surface area (Å²) in [5.41, 5.74) is 6.17. The van der Waals surface area contributed by atoms with Gasteiger partial charge in [0.1, 0.15) is 28.9 Å². The van der Waals surface area contributed by atoms with Crippen LogP contribution in [0.15, 0.2) is 41.0 Å². The quantitative estimate of drug-likeness (QED) is 0.725. The van der Waals surface area contributed by atoms with Crippen LogP contribution >= 0.6 is 0 Å². The lowest BCUT2D eigenvalue weighted by Gasteiger charge is -2.26. The minimum atomic E-state index is -0.897. The minimum absolute atomic E-state index is 0.00338. The van der Waals surface area contributed by atoms with Gasteiger partial charge in [-0.25, -0.2) is 4.79 Å². The third-order valence-electron chi connectivity index (χ3n) is 3.36. The number of aromatic hydroxyl groups is 2. The third kappa shape index (κ3) is 3.06. The Kier molecular flexibility index (Phi) is 4.46. The van der Waals surface area contributed by atoms with Gasteiger partial charge in [0.2, 0.25) is 5.88 Å². The van der Waals surface area contributed by atoms with Gasteiger partial charge in [0.15, 0.2) is 0 Å². The lowest BCUT2D eigenvalue weighted by Crippen LogP contribution is -2.25. The first-order chi connectivity index (χ1) is 10.9. The summed E-state index contributed by atoms with van der Waals surface area (Å²) in [6.45, 7) is 3.33. The predicted molar refractivity (Wildman–Crippen MR) is 79.8 cm³/mol. The summed E-state index contributed by atoms with van der Waals surface area (Å²) in [6.07, 6.45) is 0. The van der Waals surface area contributed by atoms with E-state index < -0.39 is 11.9 Å². The Morgan fingerprint density at radius 3 is 2.52 bits per heavy atom. The van der Waals surface area contributed by atoms with Crippen molar-refractivity contribution in [3.8, 4) is 17.6 Å². The Bertz CT molecular complexity index is 738. The number of nitriles is 1. The molecule has 1 aromatic carbocycles. The van der Waals surface area contributed by atoms with Gasteiger partial charge in [0, 0.05) is 6.07 Å². The second kappa shape index (κ2) is 6.32. The number of hydrogen-bond acceptors (Lipinski definition) is 7. The monoisotopic (exact) mass is 316 g/mol. The van der Waals surface area contributed by atoms with Gasteiger partial charge in [-0.15, -0.1) is 0 Å². The van der Waals surface area contributed by atoms with E-state index >= 15 is 0 Å². The number of benzene rings is 1. The van der Waals surface area contributed by atoms with Crippen molar-refractivity contribution in [3.05, 3.63) is 46.6 Å². The number of rotatable bonds is 3. The number of nitrogens with zero attached hydrogens (tertiary/aromatic N) is 1. The van der Waals surface area contributed by atoms with Gasteiger partial charge in [-0.05, 0) is 31.5 Å². The number of phenols is 2. The number of carbonyl (C=O) groups excluding carboxylic acids is 1. The molecule has 0 radical (unpaired) electrons. The molecule has 120 valence electrons. The van der Waals surface area contributed by atoms with E-state index in [4.69, 9.17) is 15.2 Å². The molecule has 4 N–H and O–H groups in total. The fourth-order valence-electron chi connectivity index (χ4n) is 2.47. The Balaban J connectivity index is 2.66. The van der Waals surface area contributed by atoms with Gasteiger partial charge >= 0.3 is 5.97 Å². The molecule has 0 spiro atoms. The summed E-state index contributed by atoms with van der Waals surface area (Å²) in [5.74, 6) is -1.89. The van der Waals surface area contributed by atoms with Crippen LogP contribution in [0.4, 0.5) is 0 Å². The molecule has 0 bridgehead atoms. The zero-order valence-electron chi connectivity index (χ0n) is 12.7. The third-order valence-corrected chi connectivity index (χ3v) is 3.36. The summed E-state index contributed by atoms with van der Waals surface area (Å²) in [7, 11) is 0. The Morgan fingerprint density at radius 2 is 2.00 bits per heavy atom. The Labute approximate surface area is 132 Å². The van der Waals surface area contributed by atoms with Crippen LogP contribution in [-0.2, 0) is 14.3 Å². The maximum Gasteiger partial charge on any atom is 0.338 e. The molecule has 1 heterocycles. The van der Waals surface area contributed by atoms with Crippen molar-refractivity contribution < 1.29 is 24.5 Å². The minimum Gasteiger partial charge on any atom is -0.508 e. The maximum absolute atomic E-state index is 12.3. The van der Waals surface area contributed by atoms with Crippen molar-refractivity contribution in [3.63, 3.8) is 0 Å². The highest BCUT2D eigenvalue weighted by atomic mass is 16.5. The number of carbonyl (C=O) groups is 1. The summed E-state index contributed by atoms with van der Waals surface area (Å²) >= 11 is 0. The molecule has 0 aromatic heterocycles. The number of allylic oxidation sites excluding steroid dienone is 2. The summed E-state index contributed by atoms with van der Waals surface area (Å²) in [5, 5.41) is 28.8. The molecule has 7 nitrogen and oxygen atoms in total. The van der Waals surface area contributed by atoms with E-state index in [-0.39, 0.29) is 40.9 Å². The highest BCUT2D eigenvalue weighted by Gasteiger charge is 2.36. The molecular formula is C16H16N2O5. The van der Waals surface area contributed by atoms with Crippen LogP contribution < -0.4 is 5.73 Å². The topological polar surface area (TPSA) is 126 Å². The molecule has 0 amide bonds. The number of nitrogens with two attached hydrogens (primary N) is 1. The van der Waals surface area contributed by atoms with E-state index in [9.17, 15) is 20.3 Å². The van der Waals surface area contributed by atoms with Crippen LogP contribution in [0.5, 0.6) is 11.5 Å². The molecule has 0 fully saturated rings. The average Bonchev–Trinajstić information content (AvgIpc) is 2.45. The van der Waals surface area contributed by atoms with E-state index in [1.54, 1.807) is 6.92 Å². The van der Waals surface area contributed by atoms with Gasteiger partial charge in [-0.1, -0.05) is 0 Å². The van der Waals surface area contributed by atoms with E-state index in [2.05, 4.69) is 0 Å². The Morgan fingerprint density at radius 1 is 1.39 bits per heavy atom.